The molecule has 1 aliphatic carbocycles. The topological polar surface area (TPSA) is 33.1 Å². The van der Waals surface area contributed by atoms with Gasteiger partial charge in [-0.2, -0.15) is 0 Å². The number of imidazole rings is 1. The van der Waals surface area contributed by atoms with E-state index in [1.54, 1.807) is 0 Å². The van der Waals surface area contributed by atoms with E-state index in [-0.39, 0.29) is 0 Å². The number of aromatic nitrogens is 2. The van der Waals surface area contributed by atoms with Crippen molar-refractivity contribution in [3.05, 3.63) is 12.4 Å². The van der Waals surface area contributed by atoms with E-state index in [1.807, 2.05) is 6.20 Å². The van der Waals surface area contributed by atoms with Crippen molar-refractivity contribution in [2.45, 2.75) is 38.1 Å². The van der Waals surface area contributed by atoms with Gasteiger partial charge in [-0.15, -0.1) is 0 Å². The molecule has 19 heavy (non-hydrogen) atoms. The Kier molecular flexibility index (Phi) is 2.98. The summed E-state index contributed by atoms with van der Waals surface area (Å²) in [6.45, 7) is 4.79. The highest BCUT2D eigenvalue weighted by atomic mass is 15.3. The van der Waals surface area contributed by atoms with Gasteiger partial charge >= 0.3 is 0 Å². The minimum Gasteiger partial charge on any atom is -0.342 e. The molecule has 3 aliphatic rings. The number of nitrogens with zero attached hydrogens (tertiary/aromatic N) is 3. The highest BCUT2D eigenvalue weighted by Crippen LogP contribution is 2.34. The monoisotopic (exact) mass is 260 g/mol. The number of anilines is 1. The first-order valence-electron chi connectivity index (χ1n) is 7.90. The van der Waals surface area contributed by atoms with Crippen molar-refractivity contribution in [3.8, 4) is 0 Å². The summed E-state index contributed by atoms with van der Waals surface area (Å²) >= 11 is 0. The summed E-state index contributed by atoms with van der Waals surface area (Å²) in [4.78, 5) is 7.20. The summed E-state index contributed by atoms with van der Waals surface area (Å²) in [5.41, 5.74) is 0. The smallest absolute Gasteiger partial charge is 0.205 e. The van der Waals surface area contributed by atoms with E-state index < -0.39 is 0 Å². The highest BCUT2D eigenvalue weighted by Gasteiger charge is 2.37. The Labute approximate surface area is 115 Å². The van der Waals surface area contributed by atoms with Crippen LogP contribution in [0, 0.1) is 11.8 Å². The summed E-state index contributed by atoms with van der Waals surface area (Å²) in [7, 11) is 0. The zero-order valence-electron chi connectivity index (χ0n) is 11.6. The van der Waals surface area contributed by atoms with Crippen LogP contribution in [0.4, 0.5) is 5.95 Å². The van der Waals surface area contributed by atoms with Gasteiger partial charge in [0.25, 0.3) is 0 Å². The van der Waals surface area contributed by atoms with Crippen LogP contribution in [0.15, 0.2) is 12.4 Å². The van der Waals surface area contributed by atoms with Crippen LogP contribution in [0.25, 0.3) is 0 Å². The van der Waals surface area contributed by atoms with Crippen molar-refractivity contribution in [3.63, 3.8) is 0 Å². The van der Waals surface area contributed by atoms with Gasteiger partial charge in [0.05, 0.1) is 0 Å². The zero-order chi connectivity index (χ0) is 12.7. The van der Waals surface area contributed by atoms with Gasteiger partial charge in [-0.25, -0.2) is 4.98 Å². The van der Waals surface area contributed by atoms with Crippen LogP contribution in [-0.2, 0) is 0 Å². The molecule has 0 bridgehead atoms. The fraction of sp³-hybridized carbons (Fsp3) is 0.800. The van der Waals surface area contributed by atoms with Crippen LogP contribution < -0.4 is 10.2 Å². The lowest BCUT2D eigenvalue weighted by Gasteiger charge is -2.28. The maximum absolute atomic E-state index is 4.67. The van der Waals surface area contributed by atoms with Gasteiger partial charge < -0.3 is 14.8 Å². The predicted octanol–water partition coefficient (Wildman–Crippen LogP) is 2.04. The summed E-state index contributed by atoms with van der Waals surface area (Å²) in [5, 5.41) is 3.51. The van der Waals surface area contributed by atoms with E-state index >= 15 is 0 Å². The molecule has 104 valence electrons. The molecule has 0 radical (unpaired) electrons. The summed E-state index contributed by atoms with van der Waals surface area (Å²) in [6.07, 6.45) is 11.1. The van der Waals surface area contributed by atoms with Gasteiger partial charge in [0.15, 0.2) is 0 Å². The summed E-state index contributed by atoms with van der Waals surface area (Å²) in [5.74, 6) is 2.93. The SMILES string of the molecule is c1cn(C2CCCCC2)c(N2C[C@H]3CNC[C@H]3C2)n1. The van der Waals surface area contributed by atoms with Gasteiger partial charge in [-0.05, 0) is 24.7 Å². The van der Waals surface area contributed by atoms with Crippen molar-refractivity contribution in [1.29, 1.82) is 0 Å². The molecule has 3 fully saturated rings. The molecule has 0 aromatic carbocycles. The third-order valence-electron chi connectivity index (χ3n) is 5.29. The van der Waals surface area contributed by atoms with E-state index in [9.17, 15) is 0 Å². The quantitative estimate of drug-likeness (QED) is 0.883. The molecular weight excluding hydrogens is 236 g/mol. The highest BCUT2D eigenvalue weighted by molar-refractivity contribution is 5.35. The van der Waals surface area contributed by atoms with E-state index in [0.717, 1.165) is 11.8 Å². The lowest BCUT2D eigenvalue weighted by atomic mass is 9.95. The lowest BCUT2D eigenvalue weighted by molar-refractivity contribution is 0.353. The molecular formula is C15H24N4. The Morgan fingerprint density at radius 1 is 1.05 bits per heavy atom. The second-order valence-corrected chi connectivity index (χ2v) is 6.51. The largest absolute Gasteiger partial charge is 0.342 e. The van der Waals surface area contributed by atoms with Crippen molar-refractivity contribution < 1.29 is 0 Å². The standard InChI is InChI=1S/C15H24N4/c1-2-4-14(5-3-1)19-7-6-17-15(19)18-10-12-8-16-9-13(12)11-18/h6-7,12-14,16H,1-5,8-11H2/t12-,13+. The number of hydrogen-bond acceptors (Lipinski definition) is 3. The Morgan fingerprint density at radius 2 is 1.79 bits per heavy atom. The molecule has 1 saturated carbocycles. The third-order valence-corrected chi connectivity index (χ3v) is 5.29. The minimum absolute atomic E-state index is 0.699. The Balaban J connectivity index is 1.54. The first kappa shape index (κ1) is 11.8. The van der Waals surface area contributed by atoms with Crippen LogP contribution in [0.5, 0.6) is 0 Å². The molecule has 4 rings (SSSR count). The van der Waals surface area contributed by atoms with E-state index in [1.165, 1.54) is 64.2 Å². The lowest BCUT2D eigenvalue weighted by Crippen LogP contribution is -2.29. The first-order chi connectivity index (χ1) is 9.42. The average molecular weight is 260 g/mol. The average Bonchev–Trinajstić information content (AvgIpc) is 3.14. The minimum atomic E-state index is 0.699. The van der Waals surface area contributed by atoms with Crippen molar-refractivity contribution in [2.75, 3.05) is 31.1 Å². The van der Waals surface area contributed by atoms with Crippen LogP contribution in [0.2, 0.25) is 0 Å². The Hall–Kier alpha value is -1.03. The van der Waals surface area contributed by atoms with Gasteiger partial charge in [-0.1, -0.05) is 19.3 Å². The first-order valence-corrected chi connectivity index (χ1v) is 7.90. The van der Waals surface area contributed by atoms with Gasteiger partial charge in [0.2, 0.25) is 5.95 Å². The second kappa shape index (κ2) is 4.82. The number of nitrogens with one attached hydrogen (secondary N) is 1. The Bertz CT molecular complexity index is 423. The third kappa shape index (κ3) is 2.06. The van der Waals surface area contributed by atoms with Gasteiger partial charge in [0.1, 0.15) is 0 Å². The molecule has 0 amide bonds. The summed E-state index contributed by atoms with van der Waals surface area (Å²) in [6, 6.07) is 0.699. The van der Waals surface area contributed by atoms with Crippen LogP contribution >= 0.6 is 0 Å². The molecule has 0 unspecified atom stereocenters. The van der Waals surface area contributed by atoms with Crippen molar-refractivity contribution in [2.24, 2.45) is 11.8 Å². The maximum Gasteiger partial charge on any atom is 0.205 e. The molecule has 2 atom stereocenters. The van der Waals surface area contributed by atoms with Crippen LogP contribution in [0.1, 0.15) is 38.1 Å². The molecule has 0 spiro atoms. The van der Waals surface area contributed by atoms with Crippen LogP contribution in [0.3, 0.4) is 0 Å². The number of fused-ring (bicyclic) bond motifs is 1. The Morgan fingerprint density at radius 3 is 2.53 bits per heavy atom. The summed E-state index contributed by atoms with van der Waals surface area (Å²) < 4.78 is 2.47. The number of rotatable bonds is 2. The molecule has 4 nitrogen and oxygen atoms in total. The van der Waals surface area contributed by atoms with Gasteiger partial charge in [0, 0.05) is 44.6 Å². The van der Waals surface area contributed by atoms with E-state index in [4.69, 9.17) is 0 Å². The normalized spacial score (nSPS) is 31.9. The molecule has 2 saturated heterocycles. The second-order valence-electron chi connectivity index (χ2n) is 6.51. The molecule has 4 heteroatoms. The molecule has 1 aromatic heterocycles. The fourth-order valence-corrected chi connectivity index (χ4v) is 4.21. The van der Waals surface area contributed by atoms with Crippen molar-refractivity contribution >= 4 is 5.95 Å². The van der Waals surface area contributed by atoms with Crippen LogP contribution in [-0.4, -0.2) is 35.7 Å². The van der Waals surface area contributed by atoms with E-state index in [0.29, 0.717) is 6.04 Å². The zero-order valence-corrected chi connectivity index (χ0v) is 11.6. The van der Waals surface area contributed by atoms with E-state index in [2.05, 4.69) is 26.0 Å². The molecule has 1 N–H and O–H groups in total. The predicted molar refractivity (Wildman–Crippen MR) is 76.4 cm³/mol. The fourth-order valence-electron chi connectivity index (χ4n) is 4.21. The van der Waals surface area contributed by atoms with Gasteiger partial charge in [-0.3, -0.25) is 0 Å². The molecule has 2 aliphatic heterocycles. The van der Waals surface area contributed by atoms with Crippen molar-refractivity contribution in [1.82, 2.24) is 14.9 Å². The maximum atomic E-state index is 4.67. The molecule has 3 heterocycles. The number of hydrogen-bond donors (Lipinski definition) is 1. The molecule has 1 aromatic rings.